The molecule has 0 fully saturated rings. The number of aromatic nitrogens is 3. The fourth-order valence-electron chi connectivity index (χ4n) is 2.94. The Kier molecular flexibility index (Phi) is 5.84. The zero-order valence-electron chi connectivity index (χ0n) is 16.1. The number of aryl methyl sites for hydroxylation is 1. The van der Waals surface area contributed by atoms with Crippen LogP contribution < -0.4 is 5.32 Å². The number of carbonyl (C=O) groups excluding carboxylic acids is 1. The van der Waals surface area contributed by atoms with E-state index in [9.17, 15) is 4.79 Å². The van der Waals surface area contributed by atoms with Gasteiger partial charge in [-0.25, -0.2) is 9.67 Å². The van der Waals surface area contributed by atoms with Crippen molar-refractivity contribution < 1.29 is 4.79 Å². The van der Waals surface area contributed by atoms with Crippen molar-refractivity contribution >= 4 is 29.1 Å². The van der Waals surface area contributed by atoms with Crippen molar-refractivity contribution in [3.63, 3.8) is 0 Å². The summed E-state index contributed by atoms with van der Waals surface area (Å²) in [6.07, 6.45) is 0. The summed E-state index contributed by atoms with van der Waals surface area (Å²) >= 11 is 12.3. The highest BCUT2D eigenvalue weighted by molar-refractivity contribution is 6.31. The van der Waals surface area contributed by atoms with Gasteiger partial charge in [0.05, 0.1) is 5.69 Å². The molecule has 1 amide bonds. The van der Waals surface area contributed by atoms with Crippen LogP contribution in [0.1, 0.15) is 21.7 Å². The Labute approximate surface area is 184 Å². The molecule has 5 nitrogen and oxygen atoms in total. The maximum atomic E-state index is 12.7. The number of rotatable bonds is 5. The van der Waals surface area contributed by atoms with Gasteiger partial charge in [-0.05, 0) is 54.4 Å². The fraction of sp³-hybridized carbons (Fsp3) is 0.0870. The van der Waals surface area contributed by atoms with Crippen molar-refractivity contribution in [1.82, 2.24) is 20.1 Å². The maximum Gasteiger partial charge on any atom is 0.291 e. The van der Waals surface area contributed by atoms with Gasteiger partial charge in [0.2, 0.25) is 5.82 Å². The molecular weight excluding hydrogens is 419 g/mol. The first-order chi connectivity index (χ1) is 14.5. The largest absolute Gasteiger partial charge is 0.345 e. The SMILES string of the molecule is Cc1ccc(-n2nc(C(=O)NCc3ccccc3)nc2-c2ccc(Cl)cc2)cc1Cl. The molecule has 0 atom stereocenters. The number of benzene rings is 3. The second-order valence-electron chi connectivity index (χ2n) is 6.78. The first kappa shape index (κ1) is 20.1. The van der Waals surface area contributed by atoms with Crippen molar-refractivity contribution in [1.29, 1.82) is 0 Å². The van der Waals surface area contributed by atoms with Crippen molar-refractivity contribution in [3.05, 3.63) is 99.8 Å². The number of hydrogen-bond donors (Lipinski definition) is 1. The Morgan fingerprint density at radius 3 is 2.43 bits per heavy atom. The molecule has 1 N–H and O–H groups in total. The van der Waals surface area contributed by atoms with Crippen molar-refractivity contribution in [2.45, 2.75) is 13.5 Å². The number of nitrogens with one attached hydrogen (secondary N) is 1. The van der Waals surface area contributed by atoms with Crippen LogP contribution in [0.4, 0.5) is 0 Å². The lowest BCUT2D eigenvalue weighted by atomic mass is 10.2. The van der Waals surface area contributed by atoms with E-state index in [1.165, 1.54) is 0 Å². The molecular formula is C23H18Cl2N4O. The molecule has 0 saturated heterocycles. The molecule has 30 heavy (non-hydrogen) atoms. The molecule has 0 bridgehead atoms. The quantitative estimate of drug-likeness (QED) is 0.450. The minimum atomic E-state index is -0.356. The van der Waals surface area contributed by atoms with Gasteiger partial charge in [0, 0.05) is 22.2 Å². The molecule has 150 valence electrons. The summed E-state index contributed by atoms with van der Waals surface area (Å²) in [7, 11) is 0. The molecule has 4 aromatic rings. The van der Waals surface area contributed by atoms with E-state index in [-0.39, 0.29) is 11.7 Å². The van der Waals surface area contributed by atoms with E-state index in [4.69, 9.17) is 23.2 Å². The number of nitrogens with zero attached hydrogens (tertiary/aromatic N) is 3. The van der Waals surface area contributed by atoms with Crippen LogP contribution in [0.3, 0.4) is 0 Å². The molecule has 4 rings (SSSR count). The Morgan fingerprint density at radius 1 is 1.00 bits per heavy atom. The summed E-state index contributed by atoms with van der Waals surface area (Å²) in [4.78, 5) is 17.2. The maximum absolute atomic E-state index is 12.7. The average molecular weight is 437 g/mol. The van der Waals surface area contributed by atoms with E-state index in [2.05, 4.69) is 15.4 Å². The average Bonchev–Trinajstić information content (AvgIpc) is 3.21. The van der Waals surface area contributed by atoms with Gasteiger partial charge in [-0.15, -0.1) is 5.10 Å². The van der Waals surface area contributed by atoms with E-state index in [0.29, 0.717) is 28.1 Å². The molecule has 0 radical (unpaired) electrons. The molecule has 0 aliphatic rings. The van der Waals surface area contributed by atoms with Crippen LogP contribution in [0.5, 0.6) is 0 Å². The summed E-state index contributed by atoms with van der Waals surface area (Å²) in [6.45, 7) is 2.32. The third-order valence-electron chi connectivity index (χ3n) is 4.61. The summed E-state index contributed by atoms with van der Waals surface area (Å²) in [6, 6.07) is 22.5. The summed E-state index contributed by atoms with van der Waals surface area (Å²) in [5.74, 6) is 0.245. The molecule has 0 unspecified atom stereocenters. The lowest BCUT2D eigenvalue weighted by Crippen LogP contribution is -2.24. The van der Waals surface area contributed by atoms with E-state index in [1.807, 2.05) is 61.5 Å². The third kappa shape index (κ3) is 4.37. The van der Waals surface area contributed by atoms with Gasteiger partial charge < -0.3 is 5.32 Å². The highest BCUT2D eigenvalue weighted by atomic mass is 35.5. The van der Waals surface area contributed by atoms with Crippen LogP contribution in [0.25, 0.3) is 17.1 Å². The highest BCUT2D eigenvalue weighted by Gasteiger charge is 2.19. The Hall–Kier alpha value is -3.15. The monoisotopic (exact) mass is 436 g/mol. The Balaban J connectivity index is 1.70. The third-order valence-corrected chi connectivity index (χ3v) is 5.27. The zero-order chi connectivity index (χ0) is 21.1. The molecule has 0 aliphatic carbocycles. The van der Waals surface area contributed by atoms with Crippen LogP contribution in [0.15, 0.2) is 72.8 Å². The van der Waals surface area contributed by atoms with Crippen LogP contribution in [0, 0.1) is 6.92 Å². The fourth-order valence-corrected chi connectivity index (χ4v) is 3.25. The standard InChI is InChI=1S/C23H18Cl2N4O/c1-15-7-12-19(13-20(15)25)29-22(17-8-10-18(24)11-9-17)27-21(28-29)23(30)26-14-16-5-3-2-4-6-16/h2-13H,14H2,1H3,(H,26,30). The normalized spacial score (nSPS) is 10.8. The lowest BCUT2D eigenvalue weighted by Gasteiger charge is -2.07. The van der Waals surface area contributed by atoms with Crippen molar-refractivity contribution in [3.8, 4) is 17.1 Å². The Bertz CT molecular complexity index is 1190. The van der Waals surface area contributed by atoms with Crippen LogP contribution >= 0.6 is 23.2 Å². The molecule has 0 saturated carbocycles. The zero-order valence-corrected chi connectivity index (χ0v) is 17.7. The number of halogens is 2. The van der Waals surface area contributed by atoms with Gasteiger partial charge >= 0.3 is 0 Å². The van der Waals surface area contributed by atoms with Crippen molar-refractivity contribution in [2.24, 2.45) is 0 Å². The van der Waals surface area contributed by atoms with Gasteiger partial charge in [-0.2, -0.15) is 0 Å². The number of carbonyl (C=O) groups is 1. The van der Waals surface area contributed by atoms with E-state index in [1.54, 1.807) is 22.9 Å². The summed E-state index contributed by atoms with van der Waals surface area (Å²) in [5.41, 5.74) is 3.44. The molecule has 7 heteroatoms. The molecule has 0 spiro atoms. The summed E-state index contributed by atoms with van der Waals surface area (Å²) in [5, 5.41) is 8.55. The first-order valence-corrected chi connectivity index (χ1v) is 10.1. The number of hydrogen-bond acceptors (Lipinski definition) is 3. The van der Waals surface area contributed by atoms with E-state index >= 15 is 0 Å². The molecule has 0 aliphatic heterocycles. The second kappa shape index (κ2) is 8.69. The predicted octanol–water partition coefficient (Wildman–Crippen LogP) is 5.48. The summed E-state index contributed by atoms with van der Waals surface area (Å²) < 4.78 is 1.62. The minimum Gasteiger partial charge on any atom is -0.345 e. The van der Waals surface area contributed by atoms with E-state index in [0.717, 1.165) is 16.7 Å². The molecule has 1 aromatic heterocycles. The lowest BCUT2D eigenvalue weighted by molar-refractivity contribution is 0.0940. The highest BCUT2D eigenvalue weighted by Crippen LogP contribution is 2.25. The topological polar surface area (TPSA) is 59.8 Å². The van der Waals surface area contributed by atoms with Gasteiger partial charge in [0.1, 0.15) is 0 Å². The minimum absolute atomic E-state index is 0.0765. The van der Waals surface area contributed by atoms with Crippen LogP contribution in [-0.2, 0) is 6.54 Å². The van der Waals surface area contributed by atoms with Gasteiger partial charge in [0.15, 0.2) is 5.82 Å². The van der Waals surface area contributed by atoms with Crippen LogP contribution in [-0.4, -0.2) is 20.7 Å². The van der Waals surface area contributed by atoms with Gasteiger partial charge in [-0.3, -0.25) is 4.79 Å². The van der Waals surface area contributed by atoms with E-state index < -0.39 is 0 Å². The first-order valence-electron chi connectivity index (χ1n) is 9.33. The van der Waals surface area contributed by atoms with Gasteiger partial charge in [0.25, 0.3) is 5.91 Å². The molecule has 3 aromatic carbocycles. The smallest absolute Gasteiger partial charge is 0.291 e. The van der Waals surface area contributed by atoms with Crippen LogP contribution in [0.2, 0.25) is 10.0 Å². The number of amides is 1. The molecule has 1 heterocycles. The van der Waals surface area contributed by atoms with Gasteiger partial charge in [-0.1, -0.05) is 59.6 Å². The van der Waals surface area contributed by atoms with Crippen molar-refractivity contribution in [2.75, 3.05) is 0 Å². The second-order valence-corrected chi connectivity index (χ2v) is 7.62. The Morgan fingerprint density at radius 2 is 1.73 bits per heavy atom. The predicted molar refractivity (Wildman–Crippen MR) is 119 cm³/mol.